The first-order chi connectivity index (χ1) is 3.80. The second-order valence-corrected chi connectivity index (χ2v) is 1.03. The van der Waals surface area contributed by atoms with Crippen LogP contribution in [0, 0.1) is 0 Å². The molecule has 0 aliphatic heterocycles. The van der Waals surface area contributed by atoms with E-state index in [2.05, 4.69) is 14.7 Å². The van der Waals surface area contributed by atoms with Crippen molar-refractivity contribution in [1.82, 2.24) is 10.1 Å². The second kappa shape index (κ2) is 4.12. The summed E-state index contributed by atoms with van der Waals surface area (Å²) in [6, 6.07) is 0. The number of hydrogen-bond donors (Lipinski definition) is 0. The van der Waals surface area contributed by atoms with Gasteiger partial charge in [-0.15, -0.1) is 0 Å². The molecule has 1 heterocycles. The van der Waals surface area contributed by atoms with Gasteiger partial charge < -0.3 is 14.4 Å². The standard InChI is InChI=1S/C3H2N2O3.K/c6-3(7)2-4-1-5-8-2;/h1H,(H,6,7);/q;+1/p-1. The number of carboxylic acid groups (broad SMARTS) is 1. The molecule has 0 atom stereocenters. The summed E-state index contributed by atoms with van der Waals surface area (Å²) in [5.41, 5.74) is 0. The van der Waals surface area contributed by atoms with Crippen LogP contribution in [0.5, 0.6) is 0 Å². The molecule has 1 aromatic rings. The van der Waals surface area contributed by atoms with Crippen LogP contribution in [0.1, 0.15) is 10.7 Å². The van der Waals surface area contributed by atoms with Gasteiger partial charge in [0.25, 0.3) is 5.89 Å². The van der Waals surface area contributed by atoms with E-state index < -0.39 is 11.9 Å². The van der Waals surface area contributed by atoms with E-state index in [-0.39, 0.29) is 51.4 Å². The van der Waals surface area contributed by atoms with Crippen molar-refractivity contribution in [1.29, 1.82) is 0 Å². The second-order valence-electron chi connectivity index (χ2n) is 1.03. The molecular weight excluding hydrogens is 151 g/mol. The molecule has 0 saturated heterocycles. The third-order valence-corrected chi connectivity index (χ3v) is 0.536. The van der Waals surface area contributed by atoms with Gasteiger partial charge in [0.1, 0.15) is 5.97 Å². The van der Waals surface area contributed by atoms with Crippen molar-refractivity contribution in [2.45, 2.75) is 0 Å². The summed E-state index contributed by atoms with van der Waals surface area (Å²) in [6.45, 7) is 0. The van der Waals surface area contributed by atoms with Gasteiger partial charge in [-0.2, -0.15) is 4.98 Å². The Kier molecular flexibility index (Phi) is 4.24. The van der Waals surface area contributed by atoms with Gasteiger partial charge in [-0.05, 0) is 0 Å². The molecule has 0 N–H and O–H groups in total. The normalized spacial score (nSPS) is 8.00. The quantitative estimate of drug-likeness (QED) is 0.378. The average Bonchev–Trinajstić information content (AvgIpc) is 2.12. The molecule has 0 bridgehead atoms. The summed E-state index contributed by atoms with van der Waals surface area (Å²) in [4.78, 5) is 12.9. The predicted molar refractivity (Wildman–Crippen MR) is 18.6 cm³/mol. The molecule has 1 aromatic heterocycles. The monoisotopic (exact) mass is 152 g/mol. The van der Waals surface area contributed by atoms with E-state index in [9.17, 15) is 9.90 Å². The SMILES string of the molecule is O=C([O-])c1ncno1.[K+]. The Morgan fingerprint density at radius 1 is 1.78 bits per heavy atom. The van der Waals surface area contributed by atoms with Crippen LogP contribution in [0.15, 0.2) is 10.9 Å². The Morgan fingerprint density at radius 3 is 2.67 bits per heavy atom. The maximum absolute atomic E-state index is 9.75. The Hall–Kier alpha value is 0.246. The molecule has 6 heteroatoms. The molecule has 1 rings (SSSR count). The van der Waals surface area contributed by atoms with Crippen LogP contribution in [0.3, 0.4) is 0 Å². The van der Waals surface area contributed by atoms with Gasteiger partial charge in [-0.3, -0.25) is 0 Å². The molecule has 0 spiro atoms. The number of nitrogens with zero attached hydrogens (tertiary/aromatic N) is 2. The van der Waals surface area contributed by atoms with Crippen LogP contribution in [-0.2, 0) is 0 Å². The van der Waals surface area contributed by atoms with Gasteiger partial charge in [0.2, 0.25) is 0 Å². The fraction of sp³-hybridized carbons (Fsp3) is 0. The Morgan fingerprint density at radius 2 is 2.44 bits per heavy atom. The number of carbonyl (C=O) groups excluding carboxylic acids is 1. The Balaban J connectivity index is 0.000000640. The van der Waals surface area contributed by atoms with Crippen LogP contribution in [0.4, 0.5) is 0 Å². The van der Waals surface area contributed by atoms with Crippen LogP contribution < -0.4 is 56.5 Å². The number of aromatic nitrogens is 2. The van der Waals surface area contributed by atoms with Crippen LogP contribution >= 0.6 is 0 Å². The van der Waals surface area contributed by atoms with Crippen LogP contribution in [0.2, 0.25) is 0 Å². The average molecular weight is 152 g/mol. The van der Waals surface area contributed by atoms with Crippen molar-refractivity contribution >= 4 is 5.97 Å². The molecular formula is C3HKN2O3. The zero-order valence-corrected chi connectivity index (χ0v) is 7.82. The first-order valence-electron chi connectivity index (χ1n) is 1.78. The largest absolute Gasteiger partial charge is 1.00 e. The first-order valence-corrected chi connectivity index (χ1v) is 1.78. The van der Waals surface area contributed by atoms with E-state index in [1.54, 1.807) is 0 Å². The first kappa shape index (κ1) is 9.25. The summed E-state index contributed by atoms with van der Waals surface area (Å²) in [6.07, 6.45) is 0.991. The summed E-state index contributed by atoms with van der Waals surface area (Å²) >= 11 is 0. The smallest absolute Gasteiger partial charge is 0.540 e. The molecule has 0 aliphatic carbocycles. The maximum atomic E-state index is 9.75. The minimum absolute atomic E-state index is 0. The Bertz CT molecular complexity index is 185. The number of hydrogen-bond acceptors (Lipinski definition) is 5. The minimum Gasteiger partial charge on any atom is -0.540 e. The van der Waals surface area contributed by atoms with E-state index in [1.807, 2.05) is 0 Å². The molecule has 0 aromatic carbocycles. The maximum Gasteiger partial charge on any atom is 1.00 e. The fourth-order valence-corrected chi connectivity index (χ4v) is 0.263. The summed E-state index contributed by atoms with van der Waals surface area (Å²) in [7, 11) is 0. The van der Waals surface area contributed by atoms with Crippen molar-refractivity contribution in [3.05, 3.63) is 12.2 Å². The third kappa shape index (κ3) is 2.54. The van der Waals surface area contributed by atoms with Crippen LogP contribution in [0.25, 0.3) is 0 Å². The van der Waals surface area contributed by atoms with Gasteiger partial charge in [0, 0.05) is 0 Å². The molecule has 0 saturated carbocycles. The molecule has 0 amide bonds. The Labute approximate surface area is 92.9 Å². The zero-order valence-electron chi connectivity index (χ0n) is 4.70. The van der Waals surface area contributed by atoms with E-state index in [0.29, 0.717) is 0 Å². The molecule has 0 unspecified atom stereocenters. The summed E-state index contributed by atoms with van der Waals surface area (Å²) < 4.78 is 4.07. The van der Waals surface area contributed by atoms with Gasteiger partial charge in [-0.25, -0.2) is 0 Å². The summed E-state index contributed by atoms with van der Waals surface area (Å²) in [5, 5.41) is 12.8. The van der Waals surface area contributed by atoms with E-state index >= 15 is 0 Å². The van der Waals surface area contributed by atoms with Gasteiger partial charge in [-0.1, -0.05) is 5.16 Å². The fourth-order valence-electron chi connectivity index (χ4n) is 0.263. The topological polar surface area (TPSA) is 79.0 Å². The number of aromatic carboxylic acids is 1. The molecule has 5 nitrogen and oxygen atoms in total. The van der Waals surface area contributed by atoms with Crippen molar-refractivity contribution in [2.24, 2.45) is 0 Å². The molecule has 42 valence electrons. The van der Waals surface area contributed by atoms with E-state index in [1.165, 1.54) is 0 Å². The van der Waals surface area contributed by atoms with Crippen molar-refractivity contribution in [2.75, 3.05) is 0 Å². The van der Waals surface area contributed by atoms with Gasteiger partial charge >= 0.3 is 51.4 Å². The molecule has 9 heavy (non-hydrogen) atoms. The summed E-state index contributed by atoms with van der Waals surface area (Å²) in [5.74, 6) is -1.95. The molecule has 0 radical (unpaired) electrons. The van der Waals surface area contributed by atoms with Crippen molar-refractivity contribution in [3.63, 3.8) is 0 Å². The number of carbonyl (C=O) groups is 1. The van der Waals surface area contributed by atoms with Crippen molar-refractivity contribution in [3.8, 4) is 0 Å². The van der Waals surface area contributed by atoms with Crippen LogP contribution in [-0.4, -0.2) is 16.1 Å². The molecule has 0 fully saturated rings. The number of carboxylic acids is 1. The van der Waals surface area contributed by atoms with Gasteiger partial charge in [0.05, 0.1) is 0 Å². The van der Waals surface area contributed by atoms with E-state index in [0.717, 1.165) is 6.33 Å². The molecule has 0 aliphatic rings. The van der Waals surface area contributed by atoms with Gasteiger partial charge in [0.15, 0.2) is 6.33 Å². The zero-order chi connectivity index (χ0) is 5.98. The van der Waals surface area contributed by atoms with E-state index in [4.69, 9.17) is 0 Å². The number of rotatable bonds is 1. The predicted octanol–water partition coefficient (Wildman–Crippen LogP) is -4.56. The minimum atomic E-state index is -1.46. The third-order valence-electron chi connectivity index (χ3n) is 0.536. The van der Waals surface area contributed by atoms with Crippen molar-refractivity contribution < 1.29 is 65.8 Å².